The smallest absolute Gasteiger partial charge is 0.258 e. The number of amides is 1. The van der Waals surface area contributed by atoms with E-state index in [0.717, 1.165) is 0 Å². The summed E-state index contributed by atoms with van der Waals surface area (Å²) in [6, 6.07) is 6.93. The Balaban J connectivity index is 2.04. The molecule has 0 unspecified atom stereocenters. The van der Waals surface area contributed by atoms with Crippen LogP contribution in [0.5, 0.6) is 5.75 Å². The van der Waals surface area contributed by atoms with E-state index < -0.39 is 0 Å². The van der Waals surface area contributed by atoms with E-state index in [2.05, 4.69) is 15.3 Å². The maximum absolute atomic E-state index is 11.9. The number of carbonyl (C=O) groups is 1. The van der Waals surface area contributed by atoms with Gasteiger partial charge in [0.25, 0.3) is 5.91 Å². The molecule has 0 aliphatic rings. The minimum atomic E-state index is -0.294. The summed E-state index contributed by atoms with van der Waals surface area (Å²) in [5, 5.41) is 2.72. The van der Waals surface area contributed by atoms with Crippen LogP contribution in [0, 0.1) is 0 Å². The maximum Gasteiger partial charge on any atom is 0.258 e. The number of benzene rings is 1. The molecule has 1 aromatic heterocycles. The Morgan fingerprint density at radius 3 is 2.80 bits per heavy atom. The van der Waals surface area contributed by atoms with Crippen molar-refractivity contribution >= 4 is 28.8 Å². The quantitative estimate of drug-likeness (QED) is 0.808. The van der Waals surface area contributed by atoms with E-state index >= 15 is 0 Å². The maximum atomic E-state index is 11.9. The van der Waals surface area contributed by atoms with Gasteiger partial charge < -0.3 is 15.8 Å². The SMILES string of the molecule is NC(=S)COc1cccc(NC(=O)c2cncnc2)c1. The van der Waals surface area contributed by atoms with Crippen LogP contribution in [-0.4, -0.2) is 27.5 Å². The monoisotopic (exact) mass is 288 g/mol. The largest absolute Gasteiger partial charge is 0.486 e. The summed E-state index contributed by atoms with van der Waals surface area (Å²) in [4.78, 5) is 19.8. The van der Waals surface area contributed by atoms with Crippen LogP contribution < -0.4 is 15.8 Å². The van der Waals surface area contributed by atoms with Gasteiger partial charge in [-0.05, 0) is 12.1 Å². The summed E-state index contributed by atoms with van der Waals surface area (Å²) in [6.45, 7) is 0.152. The lowest BCUT2D eigenvalue weighted by atomic mass is 10.2. The third-order valence-electron chi connectivity index (χ3n) is 2.30. The van der Waals surface area contributed by atoms with Crippen molar-refractivity contribution < 1.29 is 9.53 Å². The zero-order chi connectivity index (χ0) is 14.4. The van der Waals surface area contributed by atoms with E-state index in [1.54, 1.807) is 24.3 Å². The molecule has 0 saturated carbocycles. The lowest BCUT2D eigenvalue weighted by Crippen LogP contribution is -2.18. The first kappa shape index (κ1) is 13.9. The first-order valence-corrected chi connectivity index (χ1v) is 6.13. The molecule has 0 aliphatic carbocycles. The topological polar surface area (TPSA) is 90.1 Å². The predicted octanol–water partition coefficient (Wildman–Crippen LogP) is 1.39. The Hall–Kier alpha value is -2.54. The van der Waals surface area contributed by atoms with Crippen molar-refractivity contribution in [3.05, 3.63) is 48.5 Å². The van der Waals surface area contributed by atoms with Gasteiger partial charge in [-0.15, -0.1) is 0 Å². The first-order chi connectivity index (χ1) is 9.65. The predicted molar refractivity (Wildman–Crippen MR) is 78.7 cm³/mol. The van der Waals surface area contributed by atoms with E-state index in [9.17, 15) is 4.79 Å². The lowest BCUT2D eigenvalue weighted by Gasteiger charge is -2.08. The molecule has 6 nitrogen and oxygen atoms in total. The molecule has 1 amide bonds. The number of thiocarbonyl (C=S) groups is 1. The third kappa shape index (κ3) is 3.99. The number of ether oxygens (including phenoxy) is 1. The normalized spacial score (nSPS) is 9.80. The molecule has 0 fully saturated rings. The van der Waals surface area contributed by atoms with Crippen molar-refractivity contribution in [1.29, 1.82) is 0 Å². The number of nitrogens with one attached hydrogen (secondary N) is 1. The van der Waals surface area contributed by atoms with E-state index in [1.807, 2.05) is 0 Å². The number of nitrogens with two attached hydrogens (primary N) is 1. The average molecular weight is 288 g/mol. The minimum Gasteiger partial charge on any atom is -0.486 e. The molecular formula is C13H12N4O2S. The second-order valence-electron chi connectivity index (χ2n) is 3.86. The van der Waals surface area contributed by atoms with Gasteiger partial charge in [0.15, 0.2) is 0 Å². The molecule has 102 valence electrons. The lowest BCUT2D eigenvalue weighted by molar-refractivity contribution is 0.102. The molecule has 0 atom stereocenters. The number of hydrogen-bond acceptors (Lipinski definition) is 5. The fourth-order valence-corrected chi connectivity index (χ4v) is 1.50. The third-order valence-corrected chi connectivity index (χ3v) is 2.41. The van der Waals surface area contributed by atoms with Crippen LogP contribution in [0.15, 0.2) is 43.0 Å². The van der Waals surface area contributed by atoms with Gasteiger partial charge in [0.1, 0.15) is 23.7 Å². The highest BCUT2D eigenvalue weighted by molar-refractivity contribution is 7.80. The van der Waals surface area contributed by atoms with Gasteiger partial charge in [-0.25, -0.2) is 9.97 Å². The van der Waals surface area contributed by atoms with Crippen LogP contribution in [0.3, 0.4) is 0 Å². The molecule has 0 saturated heterocycles. The molecule has 1 heterocycles. The van der Waals surface area contributed by atoms with Crippen molar-refractivity contribution in [3.8, 4) is 5.75 Å². The van der Waals surface area contributed by atoms with Gasteiger partial charge in [0.05, 0.1) is 5.56 Å². The van der Waals surface area contributed by atoms with Crippen LogP contribution >= 0.6 is 12.2 Å². The van der Waals surface area contributed by atoms with Crippen molar-refractivity contribution in [1.82, 2.24) is 9.97 Å². The Bertz CT molecular complexity index is 619. The van der Waals surface area contributed by atoms with Crippen LogP contribution in [0.25, 0.3) is 0 Å². The highest BCUT2D eigenvalue weighted by atomic mass is 32.1. The van der Waals surface area contributed by atoms with Gasteiger partial charge in [-0.1, -0.05) is 18.3 Å². The Labute approximate surface area is 121 Å². The first-order valence-electron chi connectivity index (χ1n) is 5.72. The molecule has 7 heteroatoms. The molecule has 3 N–H and O–H groups in total. The van der Waals surface area contributed by atoms with Gasteiger partial charge >= 0.3 is 0 Å². The van der Waals surface area contributed by atoms with Gasteiger partial charge in [-0.2, -0.15) is 0 Å². The molecule has 2 rings (SSSR count). The van der Waals surface area contributed by atoms with Crippen LogP contribution in [0.4, 0.5) is 5.69 Å². The molecule has 0 aliphatic heterocycles. The molecular weight excluding hydrogens is 276 g/mol. The van der Waals surface area contributed by atoms with Crippen molar-refractivity contribution in [2.24, 2.45) is 5.73 Å². The Kier molecular flexibility index (Phi) is 4.56. The Morgan fingerprint density at radius 1 is 1.35 bits per heavy atom. The highest BCUT2D eigenvalue weighted by Gasteiger charge is 2.07. The average Bonchev–Trinajstić information content (AvgIpc) is 2.46. The Morgan fingerprint density at radius 2 is 2.10 bits per heavy atom. The van der Waals surface area contributed by atoms with E-state index in [0.29, 0.717) is 17.0 Å². The van der Waals surface area contributed by atoms with Gasteiger partial charge in [0, 0.05) is 24.1 Å². The molecule has 0 radical (unpaired) electrons. The summed E-state index contributed by atoms with van der Waals surface area (Å²) >= 11 is 4.73. The second kappa shape index (κ2) is 6.58. The number of aromatic nitrogens is 2. The van der Waals surface area contributed by atoms with Crippen molar-refractivity contribution in [2.75, 3.05) is 11.9 Å². The van der Waals surface area contributed by atoms with Crippen molar-refractivity contribution in [3.63, 3.8) is 0 Å². The fourth-order valence-electron chi connectivity index (χ4n) is 1.44. The summed E-state index contributed by atoms with van der Waals surface area (Å²) in [6.07, 6.45) is 4.24. The number of carbonyl (C=O) groups excluding carboxylic acids is 1. The van der Waals surface area contributed by atoms with Gasteiger partial charge in [0.2, 0.25) is 0 Å². The van der Waals surface area contributed by atoms with E-state index in [-0.39, 0.29) is 17.5 Å². The summed E-state index contributed by atoms with van der Waals surface area (Å²) in [7, 11) is 0. The number of hydrogen-bond donors (Lipinski definition) is 2. The van der Waals surface area contributed by atoms with Crippen LogP contribution in [-0.2, 0) is 0 Å². The zero-order valence-electron chi connectivity index (χ0n) is 10.4. The molecule has 20 heavy (non-hydrogen) atoms. The second-order valence-corrected chi connectivity index (χ2v) is 4.39. The number of anilines is 1. The summed E-state index contributed by atoms with van der Waals surface area (Å²) in [5.74, 6) is 0.275. The molecule has 0 spiro atoms. The van der Waals surface area contributed by atoms with E-state index in [1.165, 1.54) is 18.7 Å². The van der Waals surface area contributed by atoms with Crippen LogP contribution in [0.2, 0.25) is 0 Å². The van der Waals surface area contributed by atoms with Gasteiger partial charge in [-0.3, -0.25) is 4.79 Å². The molecule has 2 aromatic rings. The summed E-state index contributed by atoms with van der Waals surface area (Å²) in [5.41, 5.74) is 6.33. The number of rotatable bonds is 5. The summed E-state index contributed by atoms with van der Waals surface area (Å²) < 4.78 is 5.35. The molecule has 0 bridgehead atoms. The van der Waals surface area contributed by atoms with Crippen molar-refractivity contribution in [2.45, 2.75) is 0 Å². The van der Waals surface area contributed by atoms with Crippen LogP contribution in [0.1, 0.15) is 10.4 Å². The number of nitrogens with zero attached hydrogens (tertiary/aromatic N) is 2. The fraction of sp³-hybridized carbons (Fsp3) is 0.0769. The standard InChI is InChI=1S/C13H12N4O2S/c14-12(20)7-19-11-3-1-2-10(4-11)17-13(18)9-5-15-8-16-6-9/h1-6,8H,7H2,(H2,14,20)(H,17,18). The highest BCUT2D eigenvalue weighted by Crippen LogP contribution is 2.17. The minimum absolute atomic E-state index is 0.152. The van der Waals surface area contributed by atoms with E-state index in [4.69, 9.17) is 22.7 Å². The zero-order valence-corrected chi connectivity index (χ0v) is 11.3. The molecule has 1 aromatic carbocycles.